The van der Waals surface area contributed by atoms with E-state index < -0.39 is 11.5 Å². The lowest BCUT2D eigenvalue weighted by Gasteiger charge is -2.07. The molecule has 0 aromatic heterocycles. The average Bonchev–Trinajstić information content (AvgIpc) is 1.82. The molecule has 0 spiro atoms. The number of hydrogen-bond donors (Lipinski definition) is 3. The lowest BCUT2D eigenvalue weighted by atomic mass is 10.1. The van der Waals surface area contributed by atoms with E-state index in [1.165, 1.54) is 0 Å². The lowest BCUT2D eigenvalue weighted by Crippen LogP contribution is -2.15. The first-order valence-corrected chi connectivity index (χ1v) is 2.72. The maximum atomic E-state index is 10.6. The quantitative estimate of drug-likeness (QED) is 0.447. The number of aliphatic hydroxyl groups excluding tert-OH is 2. The second-order valence-corrected chi connectivity index (χ2v) is 2.04. The van der Waals surface area contributed by atoms with Crippen LogP contribution >= 0.6 is 0 Å². The molecule has 4 N–H and O–H groups in total. The van der Waals surface area contributed by atoms with Crippen molar-refractivity contribution in [2.24, 2.45) is 5.73 Å². The molecule has 0 fully saturated rings. The third kappa shape index (κ3) is 0.953. The van der Waals surface area contributed by atoms with Crippen LogP contribution in [-0.2, 0) is 4.79 Å². The highest BCUT2D eigenvalue weighted by Gasteiger charge is 2.17. The minimum absolute atomic E-state index is 0.0752. The van der Waals surface area contributed by atoms with Crippen LogP contribution in [-0.4, -0.2) is 16.0 Å². The van der Waals surface area contributed by atoms with Crippen molar-refractivity contribution in [3.8, 4) is 0 Å². The summed E-state index contributed by atoms with van der Waals surface area (Å²) in [7, 11) is 0. The summed E-state index contributed by atoms with van der Waals surface area (Å²) in [5.41, 5.74) is 5.06. The van der Waals surface area contributed by atoms with E-state index in [1.807, 2.05) is 0 Å². The van der Waals surface area contributed by atoms with Gasteiger partial charge < -0.3 is 15.9 Å². The number of nitrogens with two attached hydrogens (primary N) is 1. The SMILES string of the molecule is NC1=C(O)C(=O)CC(O)=C1. The number of Topliss-reactive ketones (excluding diaryl/α,β-unsaturated/α-hetero) is 1. The van der Waals surface area contributed by atoms with Crippen LogP contribution in [0.2, 0.25) is 0 Å². The van der Waals surface area contributed by atoms with Gasteiger partial charge in [0.25, 0.3) is 0 Å². The second-order valence-electron chi connectivity index (χ2n) is 2.04. The number of allylic oxidation sites excluding steroid dienone is 3. The molecule has 0 aromatic carbocycles. The van der Waals surface area contributed by atoms with Crippen LogP contribution in [0.25, 0.3) is 0 Å². The van der Waals surface area contributed by atoms with Gasteiger partial charge >= 0.3 is 0 Å². The molecule has 0 heterocycles. The Labute approximate surface area is 57.3 Å². The molecule has 1 rings (SSSR count). The van der Waals surface area contributed by atoms with E-state index >= 15 is 0 Å². The normalized spacial score (nSPS) is 19.2. The fourth-order valence-corrected chi connectivity index (χ4v) is 0.708. The Kier molecular flexibility index (Phi) is 1.37. The van der Waals surface area contributed by atoms with E-state index in [0.717, 1.165) is 6.08 Å². The Morgan fingerprint density at radius 2 is 2.10 bits per heavy atom. The predicted molar refractivity (Wildman–Crippen MR) is 34.2 cm³/mol. The van der Waals surface area contributed by atoms with Crippen molar-refractivity contribution in [3.63, 3.8) is 0 Å². The number of rotatable bonds is 0. The molecule has 10 heavy (non-hydrogen) atoms. The molecule has 0 aliphatic heterocycles. The van der Waals surface area contributed by atoms with Gasteiger partial charge in [0.05, 0.1) is 12.1 Å². The van der Waals surface area contributed by atoms with Gasteiger partial charge in [-0.1, -0.05) is 0 Å². The topological polar surface area (TPSA) is 83.5 Å². The fraction of sp³-hybridized carbons (Fsp3) is 0.167. The minimum atomic E-state index is -0.544. The summed E-state index contributed by atoms with van der Waals surface area (Å²) in [5.74, 6) is -1.12. The van der Waals surface area contributed by atoms with Gasteiger partial charge in [0.1, 0.15) is 5.76 Å². The van der Waals surface area contributed by atoms with Crippen LogP contribution in [0.3, 0.4) is 0 Å². The second kappa shape index (κ2) is 2.06. The van der Waals surface area contributed by atoms with Gasteiger partial charge in [-0.3, -0.25) is 4.79 Å². The fourth-order valence-electron chi connectivity index (χ4n) is 0.708. The number of ketones is 1. The van der Waals surface area contributed by atoms with Crippen LogP contribution in [0.1, 0.15) is 6.42 Å². The first-order valence-electron chi connectivity index (χ1n) is 2.72. The van der Waals surface area contributed by atoms with Crippen molar-refractivity contribution in [2.75, 3.05) is 0 Å². The molecule has 0 saturated carbocycles. The van der Waals surface area contributed by atoms with E-state index in [2.05, 4.69) is 0 Å². The highest BCUT2D eigenvalue weighted by molar-refractivity contribution is 5.96. The summed E-state index contributed by atoms with van der Waals surface area (Å²) in [6.07, 6.45) is 1.00. The molecule has 1 aliphatic rings. The molecule has 0 aromatic rings. The third-order valence-electron chi connectivity index (χ3n) is 1.20. The smallest absolute Gasteiger partial charge is 0.206 e. The van der Waals surface area contributed by atoms with Gasteiger partial charge in [0, 0.05) is 6.08 Å². The van der Waals surface area contributed by atoms with Gasteiger partial charge in [-0.25, -0.2) is 0 Å². The molecule has 4 nitrogen and oxygen atoms in total. The first kappa shape index (κ1) is 6.67. The van der Waals surface area contributed by atoms with Crippen LogP contribution in [0.15, 0.2) is 23.3 Å². The Bertz CT molecular complexity index is 239. The van der Waals surface area contributed by atoms with Gasteiger partial charge in [0.15, 0.2) is 5.76 Å². The molecule has 1 aliphatic carbocycles. The molecule has 0 amide bonds. The summed E-state index contributed by atoms with van der Waals surface area (Å²) in [6, 6.07) is 0. The highest BCUT2D eigenvalue weighted by Crippen LogP contribution is 2.13. The number of carbonyl (C=O) groups is 1. The van der Waals surface area contributed by atoms with Gasteiger partial charge in [-0.2, -0.15) is 0 Å². The number of aliphatic hydroxyl groups is 2. The van der Waals surface area contributed by atoms with Crippen LogP contribution in [0.5, 0.6) is 0 Å². The summed E-state index contributed by atoms with van der Waals surface area (Å²) in [4.78, 5) is 10.6. The van der Waals surface area contributed by atoms with E-state index in [9.17, 15) is 4.79 Å². The van der Waals surface area contributed by atoms with E-state index in [-0.39, 0.29) is 17.9 Å². The zero-order valence-electron chi connectivity index (χ0n) is 5.16. The maximum Gasteiger partial charge on any atom is 0.206 e. The third-order valence-corrected chi connectivity index (χ3v) is 1.20. The van der Waals surface area contributed by atoms with Crippen molar-refractivity contribution < 1.29 is 15.0 Å². The van der Waals surface area contributed by atoms with Gasteiger partial charge in [-0.15, -0.1) is 0 Å². The number of hydrogen-bond acceptors (Lipinski definition) is 4. The van der Waals surface area contributed by atoms with Crippen LogP contribution in [0.4, 0.5) is 0 Å². The van der Waals surface area contributed by atoms with Crippen molar-refractivity contribution >= 4 is 5.78 Å². The van der Waals surface area contributed by atoms with E-state index in [0.29, 0.717) is 0 Å². The van der Waals surface area contributed by atoms with Crippen molar-refractivity contribution in [1.82, 2.24) is 0 Å². The maximum absolute atomic E-state index is 10.6. The first-order chi connectivity index (χ1) is 4.61. The molecule has 0 radical (unpaired) electrons. The Morgan fingerprint density at radius 3 is 2.60 bits per heavy atom. The molecule has 0 atom stereocenters. The van der Waals surface area contributed by atoms with E-state index in [4.69, 9.17) is 15.9 Å². The summed E-state index contributed by atoms with van der Waals surface area (Å²) < 4.78 is 0. The van der Waals surface area contributed by atoms with Crippen LogP contribution in [0, 0.1) is 0 Å². The summed E-state index contributed by atoms with van der Waals surface area (Å²) in [5, 5.41) is 17.6. The Morgan fingerprint density at radius 1 is 1.50 bits per heavy atom. The average molecular weight is 141 g/mol. The van der Waals surface area contributed by atoms with Gasteiger partial charge in [-0.05, 0) is 0 Å². The lowest BCUT2D eigenvalue weighted by molar-refractivity contribution is -0.118. The zero-order chi connectivity index (χ0) is 7.72. The van der Waals surface area contributed by atoms with Crippen molar-refractivity contribution in [1.29, 1.82) is 0 Å². The molecular formula is C6H7NO3. The molecule has 0 saturated heterocycles. The molecule has 54 valence electrons. The largest absolute Gasteiger partial charge is 0.512 e. The summed E-state index contributed by atoms with van der Waals surface area (Å²) in [6.45, 7) is 0. The van der Waals surface area contributed by atoms with Crippen molar-refractivity contribution in [2.45, 2.75) is 6.42 Å². The molecule has 0 bridgehead atoms. The molecule has 0 unspecified atom stereocenters. The summed E-state index contributed by atoms with van der Waals surface area (Å²) >= 11 is 0. The van der Waals surface area contributed by atoms with Crippen LogP contribution < -0.4 is 5.73 Å². The number of carbonyl (C=O) groups excluding carboxylic acids is 1. The highest BCUT2D eigenvalue weighted by atomic mass is 16.3. The zero-order valence-corrected chi connectivity index (χ0v) is 5.16. The van der Waals surface area contributed by atoms with E-state index in [1.54, 1.807) is 0 Å². The van der Waals surface area contributed by atoms with Crippen molar-refractivity contribution in [3.05, 3.63) is 23.3 Å². The Hall–Kier alpha value is -1.45. The Balaban J connectivity index is 3.03. The monoisotopic (exact) mass is 141 g/mol. The van der Waals surface area contributed by atoms with Gasteiger partial charge in [0.2, 0.25) is 5.78 Å². The molecule has 4 heteroatoms. The standard InChI is InChI=1S/C6H7NO3/c7-4-1-3(8)2-5(9)6(4)10/h1,8,10H,2,7H2. The predicted octanol–water partition coefficient (Wildman–Crippen LogP) is 0.129. The minimum Gasteiger partial charge on any atom is -0.512 e. The molecular weight excluding hydrogens is 134 g/mol.